The molecule has 0 saturated heterocycles. The minimum atomic E-state index is -0.726. The van der Waals surface area contributed by atoms with Gasteiger partial charge in [-0.05, 0) is 18.4 Å². The fourth-order valence-electron chi connectivity index (χ4n) is 2.10. The van der Waals surface area contributed by atoms with Gasteiger partial charge in [0.2, 0.25) is 5.91 Å². The summed E-state index contributed by atoms with van der Waals surface area (Å²) in [4.78, 5) is 21.9. The van der Waals surface area contributed by atoms with E-state index in [2.05, 4.69) is 5.32 Å². The van der Waals surface area contributed by atoms with Crippen molar-refractivity contribution in [1.82, 2.24) is 5.32 Å². The van der Waals surface area contributed by atoms with E-state index in [1.54, 1.807) is 0 Å². The summed E-state index contributed by atoms with van der Waals surface area (Å²) >= 11 is 0. The van der Waals surface area contributed by atoms with E-state index in [4.69, 9.17) is 5.11 Å². The summed E-state index contributed by atoms with van der Waals surface area (Å²) in [6.45, 7) is 0.691. The summed E-state index contributed by atoms with van der Waals surface area (Å²) in [6.07, 6.45) is 9.15. The van der Waals surface area contributed by atoms with Crippen LogP contribution in [-0.4, -0.2) is 23.5 Å². The summed E-state index contributed by atoms with van der Waals surface area (Å²) in [7, 11) is 0. The first kappa shape index (κ1) is 18.0. The van der Waals surface area contributed by atoms with Gasteiger partial charge < -0.3 is 10.4 Å². The molecule has 0 aliphatic rings. The van der Waals surface area contributed by atoms with E-state index in [0.717, 1.165) is 37.7 Å². The number of amides is 1. The van der Waals surface area contributed by atoms with Gasteiger partial charge in [-0.2, -0.15) is 0 Å². The van der Waals surface area contributed by atoms with Crippen LogP contribution in [0, 0.1) is 0 Å². The second-order valence-corrected chi connectivity index (χ2v) is 5.28. The van der Waals surface area contributed by atoms with Crippen LogP contribution in [0.5, 0.6) is 0 Å². The van der Waals surface area contributed by atoms with E-state index < -0.39 is 5.97 Å². The highest BCUT2D eigenvalue weighted by Crippen LogP contribution is 2.05. The molecule has 0 atom stereocenters. The van der Waals surface area contributed by atoms with E-state index in [1.807, 2.05) is 42.5 Å². The van der Waals surface area contributed by atoms with Crippen molar-refractivity contribution in [2.75, 3.05) is 6.54 Å². The number of hydrogen-bond acceptors (Lipinski definition) is 2. The summed E-state index contributed by atoms with van der Waals surface area (Å²) in [5, 5.41) is 11.4. The molecule has 0 aliphatic carbocycles. The number of aliphatic carboxylic acids is 1. The maximum atomic E-state index is 11.6. The quantitative estimate of drug-likeness (QED) is 0.613. The van der Waals surface area contributed by atoms with E-state index in [0.29, 0.717) is 13.0 Å². The Morgan fingerprint density at radius 2 is 1.68 bits per heavy atom. The molecule has 0 bridgehead atoms. The van der Waals surface area contributed by atoms with E-state index in [-0.39, 0.29) is 12.3 Å². The Labute approximate surface area is 132 Å². The van der Waals surface area contributed by atoms with Crippen molar-refractivity contribution >= 4 is 18.0 Å². The standard InChI is InChI=1S/C18H25NO3/c20-17(13-9-12-16-10-5-4-6-11-16)19-15-8-3-1-2-7-14-18(21)22/h4-6,9-12H,1-3,7-8,13-15H2,(H,19,20)(H,21,22)/b12-9+. The van der Waals surface area contributed by atoms with Gasteiger partial charge in [-0.15, -0.1) is 0 Å². The van der Waals surface area contributed by atoms with Gasteiger partial charge in [0.05, 0.1) is 0 Å². The van der Waals surface area contributed by atoms with Crippen LogP contribution in [0.3, 0.4) is 0 Å². The highest BCUT2D eigenvalue weighted by molar-refractivity contribution is 5.78. The number of rotatable bonds is 11. The number of nitrogens with one attached hydrogen (secondary N) is 1. The topological polar surface area (TPSA) is 66.4 Å². The summed E-state index contributed by atoms with van der Waals surface area (Å²) < 4.78 is 0. The van der Waals surface area contributed by atoms with Crippen molar-refractivity contribution in [3.05, 3.63) is 42.0 Å². The van der Waals surface area contributed by atoms with Gasteiger partial charge in [-0.25, -0.2) is 0 Å². The highest BCUT2D eigenvalue weighted by Gasteiger charge is 1.98. The lowest BCUT2D eigenvalue weighted by Crippen LogP contribution is -2.23. The molecule has 0 fully saturated rings. The van der Waals surface area contributed by atoms with Crippen molar-refractivity contribution in [1.29, 1.82) is 0 Å². The molecule has 2 N–H and O–H groups in total. The van der Waals surface area contributed by atoms with Crippen molar-refractivity contribution in [2.45, 2.75) is 44.9 Å². The minimum Gasteiger partial charge on any atom is -0.481 e. The van der Waals surface area contributed by atoms with Crippen LogP contribution in [0.4, 0.5) is 0 Å². The maximum absolute atomic E-state index is 11.6. The number of hydrogen-bond donors (Lipinski definition) is 2. The third-order valence-electron chi connectivity index (χ3n) is 3.30. The van der Waals surface area contributed by atoms with Gasteiger partial charge in [0.25, 0.3) is 0 Å². The minimum absolute atomic E-state index is 0.0399. The third kappa shape index (κ3) is 9.75. The van der Waals surface area contributed by atoms with Crippen LogP contribution in [0.15, 0.2) is 36.4 Å². The van der Waals surface area contributed by atoms with Gasteiger partial charge >= 0.3 is 5.97 Å². The molecular formula is C18H25NO3. The third-order valence-corrected chi connectivity index (χ3v) is 3.30. The number of carboxylic acid groups (broad SMARTS) is 1. The van der Waals surface area contributed by atoms with Gasteiger partial charge in [0.15, 0.2) is 0 Å². The number of unbranched alkanes of at least 4 members (excludes halogenated alkanes) is 4. The zero-order chi connectivity index (χ0) is 16.0. The number of carbonyl (C=O) groups is 2. The van der Waals surface area contributed by atoms with Crippen LogP contribution in [0.25, 0.3) is 6.08 Å². The van der Waals surface area contributed by atoms with Crippen molar-refractivity contribution in [3.8, 4) is 0 Å². The molecule has 1 amide bonds. The van der Waals surface area contributed by atoms with Gasteiger partial charge in [0.1, 0.15) is 0 Å². The molecule has 4 nitrogen and oxygen atoms in total. The molecule has 0 spiro atoms. The molecule has 0 unspecified atom stereocenters. The fraction of sp³-hybridized carbons (Fsp3) is 0.444. The molecule has 1 aromatic rings. The number of benzene rings is 1. The SMILES string of the molecule is O=C(O)CCCCCCCNC(=O)C/C=C/c1ccccc1. The zero-order valence-corrected chi connectivity index (χ0v) is 13.0. The Balaban J connectivity index is 1.97. The first-order chi connectivity index (χ1) is 10.7. The molecule has 120 valence electrons. The first-order valence-corrected chi connectivity index (χ1v) is 7.88. The highest BCUT2D eigenvalue weighted by atomic mass is 16.4. The Kier molecular flexibility index (Phi) is 9.42. The lowest BCUT2D eigenvalue weighted by atomic mass is 10.1. The van der Waals surface area contributed by atoms with Crippen molar-refractivity contribution in [2.24, 2.45) is 0 Å². The maximum Gasteiger partial charge on any atom is 0.303 e. The van der Waals surface area contributed by atoms with Crippen LogP contribution >= 0.6 is 0 Å². The summed E-state index contributed by atoms with van der Waals surface area (Å²) in [6, 6.07) is 9.90. The van der Waals surface area contributed by atoms with Crippen molar-refractivity contribution in [3.63, 3.8) is 0 Å². The smallest absolute Gasteiger partial charge is 0.303 e. The van der Waals surface area contributed by atoms with E-state index in [9.17, 15) is 9.59 Å². The first-order valence-electron chi connectivity index (χ1n) is 7.88. The van der Waals surface area contributed by atoms with Crippen LogP contribution < -0.4 is 5.32 Å². The molecule has 22 heavy (non-hydrogen) atoms. The zero-order valence-electron chi connectivity index (χ0n) is 13.0. The molecule has 0 radical (unpaired) electrons. The second-order valence-electron chi connectivity index (χ2n) is 5.28. The Bertz CT molecular complexity index is 468. The Hall–Kier alpha value is -2.10. The largest absolute Gasteiger partial charge is 0.481 e. The normalized spacial score (nSPS) is 10.7. The van der Waals surface area contributed by atoms with E-state index in [1.165, 1.54) is 0 Å². The van der Waals surface area contributed by atoms with Crippen molar-refractivity contribution < 1.29 is 14.7 Å². The monoisotopic (exact) mass is 303 g/mol. The van der Waals surface area contributed by atoms with Gasteiger partial charge in [-0.3, -0.25) is 9.59 Å². The van der Waals surface area contributed by atoms with Crippen LogP contribution in [-0.2, 0) is 9.59 Å². The number of carbonyl (C=O) groups excluding carboxylic acids is 1. The lowest BCUT2D eigenvalue weighted by molar-refractivity contribution is -0.137. The molecule has 1 aromatic carbocycles. The second kappa shape index (κ2) is 11.5. The fourth-order valence-corrected chi connectivity index (χ4v) is 2.10. The average Bonchev–Trinajstić information content (AvgIpc) is 2.50. The lowest BCUT2D eigenvalue weighted by Gasteiger charge is -2.03. The predicted molar refractivity (Wildman–Crippen MR) is 88.4 cm³/mol. The average molecular weight is 303 g/mol. The molecule has 0 aromatic heterocycles. The Morgan fingerprint density at radius 3 is 2.41 bits per heavy atom. The molecule has 1 rings (SSSR count). The molecule has 0 heterocycles. The van der Waals surface area contributed by atoms with Gasteiger partial charge in [0, 0.05) is 19.4 Å². The summed E-state index contributed by atoms with van der Waals surface area (Å²) in [5.41, 5.74) is 1.09. The molecule has 4 heteroatoms. The van der Waals surface area contributed by atoms with Crippen LogP contribution in [0.1, 0.15) is 50.5 Å². The molecule has 0 saturated carbocycles. The molecule has 0 aliphatic heterocycles. The van der Waals surface area contributed by atoms with Gasteiger partial charge in [-0.1, -0.05) is 61.7 Å². The summed E-state index contributed by atoms with van der Waals surface area (Å²) in [5.74, 6) is -0.686. The Morgan fingerprint density at radius 1 is 1.00 bits per heavy atom. The molecular weight excluding hydrogens is 278 g/mol. The van der Waals surface area contributed by atoms with Crippen LogP contribution in [0.2, 0.25) is 0 Å². The van der Waals surface area contributed by atoms with E-state index >= 15 is 0 Å². The predicted octanol–water partition coefficient (Wildman–Crippen LogP) is 3.63. The number of carboxylic acids is 1.